The van der Waals surface area contributed by atoms with E-state index >= 15 is 0 Å². The Bertz CT molecular complexity index is 1080. The van der Waals surface area contributed by atoms with Crippen molar-refractivity contribution in [2.75, 3.05) is 5.73 Å². The second-order valence-corrected chi connectivity index (χ2v) is 8.43. The maximum Gasteiger partial charge on any atom is 0.334 e. The minimum atomic E-state index is -2.16. The van der Waals surface area contributed by atoms with Crippen molar-refractivity contribution in [3.8, 4) is 5.75 Å². The molecule has 0 saturated carbocycles. The van der Waals surface area contributed by atoms with E-state index in [9.17, 15) is 31.9 Å². The second-order valence-electron chi connectivity index (χ2n) is 8.43. The zero-order chi connectivity index (χ0) is 26.7. The Morgan fingerprint density at radius 2 is 1.56 bits per heavy atom. The molecule has 2 aromatic rings. The number of amides is 1. The smallest absolute Gasteiger partial charge is 0.334 e. The zero-order valence-electron chi connectivity index (χ0n) is 20.1. The van der Waals surface area contributed by atoms with Gasteiger partial charge in [0, 0.05) is 30.2 Å². The number of esters is 1. The summed E-state index contributed by atoms with van der Waals surface area (Å²) in [5, 5.41) is 2.37. The van der Waals surface area contributed by atoms with Gasteiger partial charge in [-0.1, -0.05) is 57.6 Å². The summed E-state index contributed by atoms with van der Waals surface area (Å²) >= 11 is 0. The molecule has 0 bridgehead atoms. The van der Waals surface area contributed by atoms with E-state index < -0.39 is 59.1 Å². The van der Waals surface area contributed by atoms with Gasteiger partial charge in [0.25, 0.3) is 0 Å². The number of Topliss-reactive ketones (excluding diaryl/α,β-unsaturated/α-hetero) is 1. The number of nitrogens with one attached hydrogen (secondary N) is 1. The third-order valence-corrected chi connectivity index (χ3v) is 5.56. The van der Waals surface area contributed by atoms with Crippen LogP contribution in [0.5, 0.6) is 5.75 Å². The van der Waals surface area contributed by atoms with E-state index in [0.29, 0.717) is 6.42 Å². The number of nitrogens with two attached hydrogens (primary N) is 1. The van der Waals surface area contributed by atoms with Crippen LogP contribution in [0.25, 0.3) is 0 Å². The molecule has 36 heavy (non-hydrogen) atoms. The van der Waals surface area contributed by atoms with Gasteiger partial charge >= 0.3 is 5.97 Å². The molecule has 196 valence electrons. The van der Waals surface area contributed by atoms with E-state index in [0.717, 1.165) is 38.5 Å². The van der Waals surface area contributed by atoms with Crippen LogP contribution in [0.2, 0.25) is 0 Å². The lowest BCUT2D eigenvalue weighted by molar-refractivity contribution is -0.139. The van der Waals surface area contributed by atoms with Gasteiger partial charge in [0.1, 0.15) is 6.04 Å². The molecule has 0 aliphatic carbocycles. The monoisotopic (exact) mass is 510 g/mol. The summed E-state index contributed by atoms with van der Waals surface area (Å²) in [4.78, 5) is 37.9. The van der Waals surface area contributed by atoms with E-state index in [2.05, 4.69) is 12.2 Å². The van der Waals surface area contributed by atoms with Gasteiger partial charge in [-0.25, -0.2) is 18.0 Å². The van der Waals surface area contributed by atoms with Crippen molar-refractivity contribution in [1.82, 2.24) is 5.32 Å². The molecule has 0 aromatic heterocycles. The molecule has 6 nitrogen and oxygen atoms in total. The predicted octanol–water partition coefficient (Wildman–Crippen LogP) is 5.63. The number of carbonyl (C=O) groups is 3. The normalized spacial score (nSPS) is 11.7. The van der Waals surface area contributed by atoms with Crippen LogP contribution in [-0.2, 0) is 9.59 Å². The number of unbranched alkanes of at least 4 members (excludes halogenated alkanes) is 6. The minimum Gasteiger partial charge on any atom is -0.422 e. The molecule has 1 atom stereocenters. The molecule has 0 heterocycles. The van der Waals surface area contributed by atoms with Crippen LogP contribution < -0.4 is 15.8 Å². The fourth-order valence-corrected chi connectivity index (χ4v) is 3.55. The van der Waals surface area contributed by atoms with Gasteiger partial charge in [0.2, 0.25) is 17.5 Å². The number of rotatable bonds is 14. The number of nitrogen functional groups attached to an aromatic ring is 1. The standard InChI is InChI=1S/C26H30F4N2O4/c1-2-3-4-5-6-7-8-13-22(34)32-19(15-20(33)16-11-9-10-12-18(16)31)26(35)36-21-14-17(27)23(28)25(30)24(21)29/h9-12,14,19H,2-8,13,15,31H2,1H3,(H,32,34). The number of hydrogen-bond acceptors (Lipinski definition) is 5. The highest BCUT2D eigenvalue weighted by molar-refractivity contribution is 6.03. The molecule has 10 heteroatoms. The maximum absolute atomic E-state index is 14.0. The third kappa shape index (κ3) is 8.35. The largest absolute Gasteiger partial charge is 0.422 e. The molecular formula is C26H30F4N2O4. The molecule has 0 fully saturated rings. The molecule has 0 aliphatic heterocycles. The Balaban J connectivity index is 2.11. The maximum atomic E-state index is 14.0. The first-order valence-electron chi connectivity index (χ1n) is 11.9. The quantitative estimate of drug-likeness (QED) is 0.0502. The number of benzene rings is 2. The van der Waals surface area contributed by atoms with Crippen LogP contribution in [0, 0.1) is 23.3 Å². The lowest BCUT2D eigenvalue weighted by Gasteiger charge is -2.18. The molecule has 3 N–H and O–H groups in total. The molecule has 0 spiro atoms. The number of ketones is 1. The first-order chi connectivity index (χ1) is 17.1. The Hall–Kier alpha value is -3.43. The zero-order valence-corrected chi connectivity index (χ0v) is 20.1. The predicted molar refractivity (Wildman–Crippen MR) is 126 cm³/mol. The van der Waals surface area contributed by atoms with E-state index in [-0.39, 0.29) is 23.7 Å². The summed E-state index contributed by atoms with van der Waals surface area (Å²) in [7, 11) is 0. The van der Waals surface area contributed by atoms with Gasteiger partial charge in [-0.05, 0) is 18.6 Å². The Morgan fingerprint density at radius 1 is 0.917 bits per heavy atom. The molecule has 0 radical (unpaired) electrons. The fourth-order valence-electron chi connectivity index (χ4n) is 3.55. The van der Waals surface area contributed by atoms with Crippen LogP contribution in [0.3, 0.4) is 0 Å². The lowest BCUT2D eigenvalue weighted by Crippen LogP contribution is -2.44. The SMILES string of the molecule is CCCCCCCCCC(=O)NC(CC(=O)c1ccccc1N)C(=O)Oc1cc(F)c(F)c(F)c1F. The van der Waals surface area contributed by atoms with Gasteiger partial charge in [-0.2, -0.15) is 4.39 Å². The van der Waals surface area contributed by atoms with Crippen molar-refractivity contribution in [3.05, 3.63) is 59.2 Å². The van der Waals surface area contributed by atoms with Crippen molar-refractivity contribution >= 4 is 23.3 Å². The third-order valence-electron chi connectivity index (χ3n) is 5.56. The van der Waals surface area contributed by atoms with E-state index in [1.165, 1.54) is 12.1 Å². The average molecular weight is 511 g/mol. The van der Waals surface area contributed by atoms with Crippen molar-refractivity contribution in [2.24, 2.45) is 0 Å². The number of ether oxygens (including phenoxy) is 1. The van der Waals surface area contributed by atoms with Crippen LogP contribution in [0.15, 0.2) is 30.3 Å². The highest BCUT2D eigenvalue weighted by atomic mass is 19.2. The van der Waals surface area contributed by atoms with Crippen molar-refractivity contribution in [3.63, 3.8) is 0 Å². The van der Waals surface area contributed by atoms with E-state index in [1.54, 1.807) is 12.1 Å². The first-order valence-corrected chi connectivity index (χ1v) is 11.9. The second kappa shape index (κ2) is 14.2. The summed E-state index contributed by atoms with van der Waals surface area (Å²) in [6.07, 6.45) is 6.17. The van der Waals surface area contributed by atoms with E-state index in [1.807, 2.05) is 0 Å². The molecule has 1 unspecified atom stereocenters. The van der Waals surface area contributed by atoms with Gasteiger partial charge < -0.3 is 15.8 Å². The number of halogens is 4. The van der Waals surface area contributed by atoms with E-state index in [4.69, 9.17) is 10.5 Å². The number of anilines is 1. The lowest BCUT2D eigenvalue weighted by atomic mass is 10.0. The Labute approximate surface area is 207 Å². The van der Waals surface area contributed by atoms with Gasteiger partial charge in [0.15, 0.2) is 23.2 Å². The number of para-hydroxylation sites is 1. The summed E-state index contributed by atoms with van der Waals surface area (Å²) < 4.78 is 59.0. The van der Waals surface area contributed by atoms with Gasteiger partial charge in [-0.15, -0.1) is 0 Å². The Morgan fingerprint density at radius 3 is 2.22 bits per heavy atom. The Kier molecular flexibility index (Phi) is 11.4. The highest BCUT2D eigenvalue weighted by Crippen LogP contribution is 2.25. The number of hydrogen-bond donors (Lipinski definition) is 2. The summed E-state index contributed by atoms with van der Waals surface area (Å²) in [6.45, 7) is 2.11. The fraction of sp³-hybridized carbons (Fsp3) is 0.423. The summed E-state index contributed by atoms with van der Waals surface area (Å²) in [5.74, 6) is -11.7. The highest BCUT2D eigenvalue weighted by Gasteiger charge is 2.29. The van der Waals surface area contributed by atoms with Crippen molar-refractivity contribution < 1.29 is 36.7 Å². The molecule has 2 aromatic carbocycles. The topological polar surface area (TPSA) is 98.5 Å². The van der Waals surface area contributed by atoms with Crippen LogP contribution >= 0.6 is 0 Å². The molecule has 0 saturated heterocycles. The van der Waals surface area contributed by atoms with Gasteiger partial charge in [-0.3, -0.25) is 9.59 Å². The number of carbonyl (C=O) groups excluding carboxylic acids is 3. The van der Waals surface area contributed by atoms with Gasteiger partial charge in [0.05, 0.1) is 0 Å². The van der Waals surface area contributed by atoms with Crippen molar-refractivity contribution in [1.29, 1.82) is 0 Å². The minimum absolute atomic E-state index is 0.0629. The molecule has 2 rings (SSSR count). The molecule has 0 aliphatic rings. The summed E-state index contributed by atoms with van der Waals surface area (Å²) in [5.41, 5.74) is 6.02. The molecular weight excluding hydrogens is 480 g/mol. The first kappa shape index (κ1) is 28.8. The van der Waals surface area contributed by atoms with Crippen molar-refractivity contribution in [2.45, 2.75) is 70.8 Å². The summed E-state index contributed by atoms with van der Waals surface area (Å²) in [6, 6.07) is 4.60. The van der Waals surface area contributed by atoms with Crippen LogP contribution in [0.4, 0.5) is 23.2 Å². The van der Waals surface area contributed by atoms with Crippen LogP contribution in [-0.4, -0.2) is 23.7 Å². The van der Waals surface area contributed by atoms with Crippen LogP contribution in [0.1, 0.15) is 75.1 Å². The average Bonchev–Trinajstić information content (AvgIpc) is 2.85. The molecule has 1 amide bonds.